The summed E-state index contributed by atoms with van der Waals surface area (Å²) >= 11 is 0. The molecule has 236 valence electrons. The van der Waals surface area contributed by atoms with E-state index in [1.807, 2.05) is 48.7 Å². The number of oxazole rings is 1. The number of aliphatic hydroxyl groups is 2. The Hall–Kier alpha value is -5.32. The summed E-state index contributed by atoms with van der Waals surface area (Å²) in [6, 6.07) is 22.2. The number of amides is 1. The first-order valence-corrected chi connectivity index (χ1v) is 14.8. The second-order valence-corrected chi connectivity index (χ2v) is 11.1. The van der Waals surface area contributed by atoms with Crippen LogP contribution < -0.4 is 5.32 Å². The van der Waals surface area contributed by atoms with Crippen LogP contribution in [0.5, 0.6) is 0 Å². The van der Waals surface area contributed by atoms with Crippen LogP contribution in [0.25, 0.3) is 39.8 Å². The van der Waals surface area contributed by atoms with Gasteiger partial charge < -0.3 is 29.6 Å². The van der Waals surface area contributed by atoms with Gasteiger partial charge in [-0.15, -0.1) is 0 Å². The maximum atomic E-state index is 14.3. The normalized spacial score (nSPS) is 12.8. The Morgan fingerprint density at radius 1 is 0.935 bits per heavy atom. The van der Waals surface area contributed by atoms with Crippen LogP contribution in [-0.4, -0.2) is 49.0 Å². The Bertz CT molecular complexity index is 1810. The molecule has 0 aliphatic carbocycles. The van der Waals surface area contributed by atoms with Gasteiger partial charge in [-0.2, -0.15) is 0 Å². The molecule has 46 heavy (non-hydrogen) atoms. The number of carboxylic acid groups (broad SMARTS) is 1. The van der Waals surface area contributed by atoms with E-state index >= 15 is 0 Å². The zero-order valence-corrected chi connectivity index (χ0v) is 25.3. The lowest BCUT2D eigenvalue weighted by Crippen LogP contribution is -2.20. The van der Waals surface area contributed by atoms with E-state index in [4.69, 9.17) is 9.52 Å². The van der Waals surface area contributed by atoms with Crippen molar-refractivity contribution in [2.45, 2.75) is 44.9 Å². The summed E-state index contributed by atoms with van der Waals surface area (Å²) in [6.45, 7) is 3.85. The van der Waals surface area contributed by atoms with Crippen molar-refractivity contribution in [3.8, 4) is 33.7 Å². The quantitative estimate of drug-likeness (QED) is 0.117. The summed E-state index contributed by atoms with van der Waals surface area (Å²) in [7, 11) is 0. The van der Waals surface area contributed by atoms with Gasteiger partial charge in [-0.05, 0) is 67.4 Å². The van der Waals surface area contributed by atoms with Crippen molar-refractivity contribution in [3.05, 3.63) is 115 Å². The highest BCUT2D eigenvalue weighted by Crippen LogP contribution is 2.43. The Morgan fingerprint density at radius 3 is 2.20 bits per heavy atom. The SMILES string of the molecule is CC(C)n1c(C=C[C@@H](O)C[C@@H](O)CC(=O)O)c(-c2ccc(F)cc2)c(-c2ccccc2)c1C(=O)Nc1ccc(-c2ncco2)cc1. The predicted octanol–water partition coefficient (Wildman–Crippen LogP) is 7.05. The molecule has 0 saturated carbocycles. The highest BCUT2D eigenvalue weighted by atomic mass is 19.1. The molecule has 2 heterocycles. The van der Waals surface area contributed by atoms with Crippen LogP contribution in [0.15, 0.2) is 102 Å². The molecule has 2 aromatic heterocycles. The van der Waals surface area contributed by atoms with Crippen molar-refractivity contribution >= 4 is 23.6 Å². The van der Waals surface area contributed by atoms with Crippen LogP contribution in [0.3, 0.4) is 0 Å². The first kappa shape index (κ1) is 32.1. The third-order valence-electron chi connectivity index (χ3n) is 7.39. The van der Waals surface area contributed by atoms with Crippen molar-refractivity contribution in [3.63, 3.8) is 0 Å². The van der Waals surface area contributed by atoms with Crippen LogP contribution in [0.1, 0.15) is 48.9 Å². The van der Waals surface area contributed by atoms with Crippen LogP contribution in [0, 0.1) is 5.82 Å². The highest BCUT2D eigenvalue weighted by Gasteiger charge is 2.29. The van der Waals surface area contributed by atoms with Gasteiger partial charge in [0.15, 0.2) is 0 Å². The van der Waals surface area contributed by atoms with Gasteiger partial charge in [-0.1, -0.05) is 48.5 Å². The molecular weight excluding hydrogens is 589 g/mol. The van der Waals surface area contributed by atoms with Crippen molar-refractivity contribution in [2.75, 3.05) is 5.32 Å². The van der Waals surface area contributed by atoms with Gasteiger partial charge in [0.25, 0.3) is 5.91 Å². The Balaban J connectivity index is 1.66. The number of carbonyl (C=O) groups is 2. The Morgan fingerprint density at radius 2 is 1.59 bits per heavy atom. The molecule has 0 radical (unpaired) electrons. The van der Waals surface area contributed by atoms with Crippen LogP contribution in [-0.2, 0) is 4.79 Å². The Labute approximate surface area is 265 Å². The lowest BCUT2D eigenvalue weighted by atomic mass is 9.94. The topological polar surface area (TPSA) is 138 Å². The van der Waals surface area contributed by atoms with Crippen LogP contribution in [0.2, 0.25) is 0 Å². The predicted molar refractivity (Wildman–Crippen MR) is 173 cm³/mol. The first-order valence-electron chi connectivity index (χ1n) is 14.8. The summed E-state index contributed by atoms with van der Waals surface area (Å²) in [4.78, 5) is 29.5. The molecule has 5 aromatic rings. The minimum absolute atomic E-state index is 0.195. The zero-order chi connectivity index (χ0) is 32.8. The van der Waals surface area contributed by atoms with Gasteiger partial charge in [0.05, 0.1) is 24.8 Å². The number of carbonyl (C=O) groups excluding carboxylic acids is 1. The molecule has 9 nitrogen and oxygen atoms in total. The number of halogens is 1. The van der Waals surface area contributed by atoms with E-state index in [2.05, 4.69) is 10.3 Å². The van der Waals surface area contributed by atoms with E-state index in [1.165, 1.54) is 24.5 Å². The van der Waals surface area contributed by atoms with Crippen LogP contribution >= 0.6 is 0 Å². The molecule has 1 amide bonds. The molecule has 4 N–H and O–H groups in total. The monoisotopic (exact) mass is 623 g/mol. The fourth-order valence-corrected chi connectivity index (χ4v) is 5.42. The second kappa shape index (κ2) is 14.2. The number of hydrogen-bond acceptors (Lipinski definition) is 6. The summed E-state index contributed by atoms with van der Waals surface area (Å²) in [5.74, 6) is -1.53. The first-order chi connectivity index (χ1) is 22.1. The third kappa shape index (κ3) is 7.31. The van der Waals surface area contributed by atoms with E-state index in [0.29, 0.717) is 39.7 Å². The molecule has 10 heteroatoms. The molecule has 2 atom stereocenters. The number of aromatic nitrogens is 2. The van der Waals surface area contributed by atoms with Crippen molar-refractivity contribution in [2.24, 2.45) is 0 Å². The summed E-state index contributed by atoms with van der Waals surface area (Å²) in [5.41, 5.74) is 4.83. The zero-order valence-electron chi connectivity index (χ0n) is 25.3. The number of carboxylic acids is 1. The summed E-state index contributed by atoms with van der Waals surface area (Å²) in [6.07, 6.45) is 3.04. The van der Waals surface area contributed by atoms with Crippen molar-refractivity contribution in [1.82, 2.24) is 9.55 Å². The number of benzene rings is 3. The number of nitrogens with one attached hydrogen (secondary N) is 1. The van der Waals surface area contributed by atoms with Crippen molar-refractivity contribution in [1.29, 1.82) is 0 Å². The van der Waals surface area contributed by atoms with Gasteiger partial charge in [0.1, 0.15) is 17.8 Å². The standard InChI is InChI=1S/C36H34FN3O6/c1-22(2)40-30(17-16-28(41)20-29(42)21-31(43)44)32(24-8-12-26(37)13-9-24)33(23-6-4-3-5-7-23)34(40)35(45)39-27-14-10-25(11-15-27)36-38-18-19-46-36/h3-19,22,28-29,41-42H,20-21H2,1-2H3,(H,39,45)(H,43,44)/t28-,29-/m1/s1. The minimum atomic E-state index is -1.25. The molecule has 0 aliphatic rings. The molecule has 0 bridgehead atoms. The maximum Gasteiger partial charge on any atom is 0.305 e. The molecule has 0 unspecified atom stereocenters. The van der Waals surface area contributed by atoms with E-state index < -0.39 is 36.3 Å². The minimum Gasteiger partial charge on any atom is -0.481 e. The number of aliphatic carboxylic acids is 1. The summed E-state index contributed by atoms with van der Waals surface area (Å²) < 4.78 is 21.3. The largest absolute Gasteiger partial charge is 0.481 e. The van der Waals surface area contributed by atoms with Gasteiger partial charge >= 0.3 is 5.97 Å². The van der Waals surface area contributed by atoms with Gasteiger partial charge in [-0.25, -0.2) is 9.37 Å². The van der Waals surface area contributed by atoms with E-state index in [9.17, 15) is 24.2 Å². The van der Waals surface area contributed by atoms with E-state index in [-0.39, 0.29) is 12.5 Å². The fraction of sp³-hybridized carbons (Fsp3) is 0.194. The van der Waals surface area contributed by atoms with Gasteiger partial charge in [-0.3, -0.25) is 9.59 Å². The molecular formula is C36H34FN3O6. The lowest BCUT2D eigenvalue weighted by molar-refractivity contribution is -0.139. The number of aliphatic hydroxyl groups excluding tert-OH is 2. The second-order valence-electron chi connectivity index (χ2n) is 11.1. The molecule has 0 fully saturated rings. The van der Waals surface area contributed by atoms with Crippen LogP contribution in [0.4, 0.5) is 10.1 Å². The number of nitrogens with zero attached hydrogens (tertiary/aromatic N) is 2. The Kier molecular flexibility index (Phi) is 9.90. The van der Waals surface area contributed by atoms with Gasteiger partial charge in [0, 0.05) is 40.5 Å². The molecule has 0 aliphatic heterocycles. The average molecular weight is 624 g/mol. The third-order valence-corrected chi connectivity index (χ3v) is 7.39. The maximum absolute atomic E-state index is 14.3. The average Bonchev–Trinajstić information content (AvgIpc) is 3.68. The number of anilines is 1. The number of rotatable bonds is 12. The fourth-order valence-electron chi connectivity index (χ4n) is 5.42. The smallest absolute Gasteiger partial charge is 0.305 e. The molecule has 0 spiro atoms. The summed E-state index contributed by atoms with van der Waals surface area (Å²) in [5, 5.41) is 32.8. The van der Waals surface area contributed by atoms with E-state index in [1.54, 1.807) is 48.7 Å². The highest BCUT2D eigenvalue weighted by molar-refractivity contribution is 6.12. The number of hydrogen-bond donors (Lipinski definition) is 4. The molecule has 5 rings (SSSR count). The molecule has 0 saturated heterocycles. The lowest BCUT2D eigenvalue weighted by Gasteiger charge is -2.17. The molecule has 3 aromatic carbocycles. The van der Waals surface area contributed by atoms with E-state index in [0.717, 1.165) is 11.1 Å². The van der Waals surface area contributed by atoms with Gasteiger partial charge in [0.2, 0.25) is 5.89 Å². The van der Waals surface area contributed by atoms with Crippen molar-refractivity contribution < 1.29 is 33.7 Å².